The van der Waals surface area contributed by atoms with Gasteiger partial charge in [0.15, 0.2) is 5.78 Å². The van der Waals surface area contributed by atoms with Crippen LogP contribution in [0.3, 0.4) is 0 Å². The van der Waals surface area contributed by atoms with Crippen LogP contribution in [0.15, 0.2) is 11.8 Å². The first kappa shape index (κ1) is 8.79. The Bertz CT molecular complexity index is 226. The molecule has 0 aromatic rings. The van der Waals surface area contributed by atoms with E-state index in [2.05, 4.69) is 0 Å². The van der Waals surface area contributed by atoms with Crippen molar-refractivity contribution in [3.8, 4) is 0 Å². The van der Waals surface area contributed by atoms with E-state index in [0.29, 0.717) is 11.7 Å². The molecule has 0 N–H and O–H groups in total. The second kappa shape index (κ2) is 3.95. The molecule has 2 aliphatic rings. The van der Waals surface area contributed by atoms with E-state index in [1.165, 1.54) is 19.3 Å². The second-order valence-electron chi connectivity index (χ2n) is 4.04. The smallest absolute Gasteiger partial charge is 0.162 e. The van der Waals surface area contributed by atoms with Crippen LogP contribution in [0.5, 0.6) is 0 Å². The van der Waals surface area contributed by atoms with Gasteiger partial charge in [-0.05, 0) is 18.8 Å². The molecule has 0 bridgehead atoms. The Morgan fingerprint density at radius 3 is 2.85 bits per heavy atom. The van der Waals surface area contributed by atoms with E-state index in [4.69, 9.17) is 4.74 Å². The lowest BCUT2D eigenvalue weighted by molar-refractivity contribution is -0.117. The Balaban J connectivity index is 1.84. The summed E-state index contributed by atoms with van der Waals surface area (Å²) in [5, 5.41) is 0. The number of allylic oxidation sites excluding steroid dienone is 1. The van der Waals surface area contributed by atoms with Crippen molar-refractivity contribution in [1.82, 2.24) is 0 Å². The van der Waals surface area contributed by atoms with Crippen molar-refractivity contribution >= 4 is 5.78 Å². The van der Waals surface area contributed by atoms with Gasteiger partial charge in [-0.3, -0.25) is 4.79 Å². The fourth-order valence-corrected chi connectivity index (χ4v) is 1.86. The number of ether oxygens (including phenoxy) is 1. The molecule has 1 aliphatic heterocycles. The average Bonchev–Trinajstić information content (AvgIpc) is 2.12. The first-order valence-electron chi connectivity index (χ1n) is 5.20. The minimum absolute atomic E-state index is 0.324. The zero-order valence-corrected chi connectivity index (χ0v) is 7.92. The molecule has 0 atom stereocenters. The van der Waals surface area contributed by atoms with E-state index in [0.717, 1.165) is 31.4 Å². The van der Waals surface area contributed by atoms with E-state index in [1.54, 1.807) is 6.26 Å². The van der Waals surface area contributed by atoms with Crippen LogP contribution in [0.25, 0.3) is 0 Å². The number of hydrogen-bond acceptors (Lipinski definition) is 2. The lowest BCUT2D eigenvalue weighted by Crippen LogP contribution is -2.18. The lowest BCUT2D eigenvalue weighted by Gasteiger charge is -2.25. The van der Waals surface area contributed by atoms with Gasteiger partial charge in [0, 0.05) is 12.0 Å². The number of ketones is 1. The zero-order valence-electron chi connectivity index (χ0n) is 7.92. The van der Waals surface area contributed by atoms with Gasteiger partial charge < -0.3 is 4.74 Å². The molecule has 0 unspecified atom stereocenters. The summed E-state index contributed by atoms with van der Waals surface area (Å²) in [5.41, 5.74) is 0.915. The largest absolute Gasteiger partial charge is 0.501 e. The molecule has 1 aliphatic carbocycles. The molecule has 1 fully saturated rings. The lowest BCUT2D eigenvalue weighted by atomic mass is 9.80. The van der Waals surface area contributed by atoms with Crippen molar-refractivity contribution in [3.05, 3.63) is 11.8 Å². The molecule has 0 saturated heterocycles. The van der Waals surface area contributed by atoms with Crippen LogP contribution in [0.2, 0.25) is 0 Å². The summed E-state index contributed by atoms with van der Waals surface area (Å²) in [6.45, 7) is 0.778. The minimum atomic E-state index is 0.324. The number of Topliss-reactive ketones (excluding diaryl/α,β-unsaturated/α-hetero) is 1. The van der Waals surface area contributed by atoms with Gasteiger partial charge in [0.25, 0.3) is 0 Å². The molecule has 0 radical (unpaired) electrons. The Morgan fingerprint density at radius 2 is 2.31 bits per heavy atom. The van der Waals surface area contributed by atoms with Crippen LogP contribution in [0.4, 0.5) is 0 Å². The third-order valence-electron chi connectivity index (χ3n) is 2.99. The summed E-state index contributed by atoms with van der Waals surface area (Å²) in [5.74, 6) is 1.000. The van der Waals surface area contributed by atoms with Crippen molar-refractivity contribution in [2.45, 2.75) is 38.5 Å². The van der Waals surface area contributed by atoms with Gasteiger partial charge in [-0.1, -0.05) is 19.3 Å². The molecular formula is C11H16O2. The van der Waals surface area contributed by atoms with E-state index in [9.17, 15) is 4.79 Å². The first-order valence-corrected chi connectivity index (χ1v) is 5.20. The standard InChI is InChI=1S/C11H16O2/c12-11(7-9-3-1-4-9)10-5-2-6-13-8-10/h8-9H,1-7H2. The molecule has 0 aromatic carbocycles. The first-order chi connectivity index (χ1) is 6.36. The molecule has 0 spiro atoms. The van der Waals surface area contributed by atoms with Gasteiger partial charge >= 0.3 is 0 Å². The Morgan fingerprint density at radius 1 is 1.46 bits per heavy atom. The Kier molecular flexibility index (Phi) is 2.67. The quantitative estimate of drug-likeness (QED) is 0.666. The van der Waals surface area contributed by atoms with Gasteiger partial charge in [-0.2, -0.15) is 0 Å². The molecular weight excluding hydrogens is 164 g/mol. The van der Waals surface area contributed by atoms with Crippen molar-refractivity contribution < 1.29 is 9.53 Å². The van der Waals surface area contributed by atoms with Gasteiger partial charge in [0.05, 0.1) is 12.9 Å². The summed E-state index contributed by atoms with van der Waals surface area (Å²) in [4.78, 5) is 11.7. The highest BCUT2D eigenvalue weighted by molar-refractivity contribution is 5.95. The number of carbonyl (C=O) groups is 1. The maximum absolute atomic E-state index is 11.7. The molecule has 0 amide bonds. The van der Waals surface area contributed by atoms with Crippen LogP contribution in [-0.4, -0.2) is 12.4 Å². The summed E-state index contributed by atoms with van der Waals surface area (Å²) in [6, 6.07) is 0. The number of hydrogen-bond donors (Lipinski definition) is 0. The molecule has 13 heavy (non-hydrogen) atoms. The van der Waals surface area contributed by atoms with Crippen LogP contribution in [0.1, 0.15) is 38.5 Å². The zero-order chi connectivity index (χ0) is 9.10. The van der Waals surface area contributed by atoms with Crippen molar-refractivity contribution in [2.75, 3.05) is 6.61 Å². The third-order valence-corrected chi connectivity index (χ3v) is 2.99. The molecule has 2 nitrogen and oxygen atoms in total. The van der Waals surface area contributed by atoms with Crippen LogP contribution >= 0.6 is 0 Å². The maximum Gasteiger partial charge on any atom is 0.162 e. The average molecular weight is 180 g/mol. The summed E-state index contributed by atoms with van der Waals surface area (Å²) in [7, 11) is 0. The second-order valence-corrected chi connectivity index (χ2v) is 4.04. The maximum atomic E-state index is 11.7. The molecule has 2 rings (SSSR count). The normalized spacial score (nSPS) is 22.9. The van der Waals surface area contributed by atoms with E-state index in [1.807, 2.05) is 0 Å². The molecule has 1 saturated carbocycles. The Labute approximate surface area is 79.0 Å². The Hall–Kier alpha value is -0.790. The molecule has 0 aromatic heterocycles. The van der Waals surface area contributed by atoms with Crippen LogP contribution in [-0.2, 0) is 9.53 Å². The van der Waals surface area contributed by atoms with E-state index >= 15 is 0 Å². The van der Waals surface area contributed by atoms with Crippen LogP contribution < -0.4 is 0 Å². The third kappa shape index (κ3) is 2.11. The van der Waals surface area contributed by atoms with Gasteiger partial charge in [-0.15, -0.1) is 0 Å². The SMILES string of the molecule is O=C(CC1CCC1)C1=COCCC1. The van der Waals surface area contributed by atoms with Gasteiger partial charge in [0.1, 0.15) is 0 Å². The van der Waals surface area contributed by atoms with Gasteiger partial charge in [0.2, 0.25) is 0 Å². The number of carbonyl (C=O) groups excluding carboxylic acids is 1. The summed E-state index contributed by atoms with van der Waals surface area (Å²) in [6.07, 6.45) is 8.17. The van der Waals surface area contributed by atoms with Crippen molar-refractivity contribution in [1.29, 1.82) is 0 Å². The highest BCUT2D eigenvalue weighted by Gasteiger charge is 2.23. The molecule has 2 heteroatoms. The van der Waals surface area contributed by atoms with E-state index < -0.39 is 0 Å². The monoisotopic (exact) mass is 180 g/mol. The molecule has 72 valence electrons. The van der Waals surface area contributed by atoms with Gasteiger partial charge in [-0.25, -0.2) is 0 Å². The van der Waals surface area contributed by atoms with Crippen molar-refractivity contribution in [3.63, 3.8) is 0 Å². The van der Waals surface area contributed by atoms with Crippen molar-refractivity contribution in [2.24, 2.45) is 5.92 Å². The summed E-state index contributed by atoms with van der Waals surface area (Å²) < 4.78 is 5.15. The fourth-order valence-electron chi connectivity index (χ4n) is 1.86. The van der Waals surface area contributed by atoms with Crippen LogP contribution in [0, 0.1) is 5.92 Å². The molecule has 1 heterocycles. The minimum Gasteiger partial charge on any atom is -0.501 e. The predicted octanol–water partition coefficient (Wildman–Crippen LogP) is 2.44. The van der Waals surface area contributed by atoms with E-state index in [-0.39, 0.29) is 0 Å². The highest BCUT2D eigenvalue weighted by atomic mass is 16.5. The fraction of sp³-hybridized carbons (Fsp3) is 0.727. The number of rotatable bonds is 3. The topological polar surface area (TPSA) is 26.3 Å². The highest BCUT2D eigenvalue weighted by Crippen LogP contribution is 2.31. The predicted molar refractivity (Wildman–Crippen MR) is 50.2 cm³/mol. The summed E-state index contributed by atoms with van der Waals surface area (Å²) >= 11 is 0.